The molecule has 6 heteroatoms. The van der Waals surface area contributed by atoms with Crippen LogP contribution in [0.3, 0.4) is 0 Å². The van der Waals surface area contributed by atoms with E-state index in [1.165, 1.54) is 11.3 Å². The van der Waals surface area contributed by atoms with Gasteiger partial charge in [-0.3, -0.25) is 0 Å². The van der Waals surface area contributed by atoms with Gasteiger partial charge in [0.1, 0.15) is 5.01 Å². The minimum atomic E-state index is 0.715. The van der Waals surface area contributed by atoms with Crippen LogP contribution in [0.2, 0.25) is 5.02 Å². The van der Waals surface area contributed by atoms with Crippen molar-refractivity contribution in [1.82, 2.24) is 19.8 Å². The summed E-state index contributed by atoms with van der Waals surface area (Å²) in [5.74, 6) is 0.914. The second-order valence-corrected chi connectivity index (χ2v) is 5.37. The lowest BCUT2D eigenvalue weighted by molar-refractivity contribution is 0.778. The third-order valence-electron chi connectivity index (χ3n) is 2.60. The summed E-state index contributed by atoms with van der Waals surface area (Å²) in [6.45, 7) is 2.12. The molecule has 0 saturated heterocycles. The lowest BCUT2D eigenvalue weighted by Gasteiger charge is -1.95. The Morgan fingerprint density at radius 2 is 2.22 bits per heavy atom. The molecule has 2 aromatic heterocycles. The predicted octanol–water partition coefficient (Wildman–Crippen LogP) is 3.46. The van der Waals surface area contributed by atoms with Gasteiger partial charge >= 0.3 is 0 Å². The molecule has 0 radical (unpaired) electrons. The van der Waals surface area contributed by atoms with Crippen LogP contribution in [0.15, 0.2) is 24.3 Å². The first kappa shape index (κ1) is 11.6. The van der Waals surface area contributed by atoms with Gasteiger partial charge in [0, 0.05) is 17.0 Å². The molecule has 3 rings (SSSR count). The van der Waals surface area contributed by atoms with Crippen molar-refractivity contribution in [2.24, 2.45) is 0 Å². The van der Waals surface area contributed by atoms with Crippen LogP contribution >= 0.6 is 22.9 Å². The Bertz CT molecular complexity index is 688. The zero-order valence-electron chi connectivity index (χ0n) is 9.80. The van der Waals surface area contributed by atoms with Crippen LogP contribution < -0.4 is 0 Å². The Morgan fingerprint density at radius 3 is 3.00 bits per heavy atom. The zero-order valence-corrected chi connectivity index (χ0v) is 11.4. The molecule has 0 unspecified atom stereocenters. The van der Waals surface area contributed by atoms with Crippen LogP contribution in [0.25, 0.3) is 15.5 Å². The van der Waals surface area contributed by atoms with Gasteiger partial charge in [0.25, 0.3) is 0 Å². The standard InChI is InChI=1S/C12H11ClN4S/c1-2-4-10-14-15-12-17(10)16-11(18-12)8-5-3-6-9(13)7-8/h3,5-7H,2,4H2,1H3. The number of aryl methyl sites for hydroxylation is 1. The molecule has 0 aliphatic heterocycles. The summed E-state index contributed by atoms with van der Waals surface area (Å²) in [4.78, 5) is 0.827. The highest BCUT2D eigenvalue weighted by molar-refractivity contribution is 7.19. The molecule has 1 aromatic carbocycles. The average Bonchev–Trinajstić information content (AvgIpc) is 2.92. The maximum Gasteiger partial charge on any atom is 0.234 e. The highest BCUT2D eigenvalue weighted by atomic mass is 35.5. The molecule has 0 saturated carbocycles. The zero-order chi connectivity index (χ0) is 12.5. The lowest BCUT2D eigenvalue weighted by Crippen LogP contribution is -1.95. The van der Waals surface area contributed by atoms with E-state index in [1.807, 2.05) is 28.8 Å². The van der Waals surface area contributed by atoms with E-state index in [-0.39, 0.29) is 0 Å². The van der Waals surface area contributed by atoms with Crippen molar-refractivity contribution < 1.29 is 0 Å². The summed E-state index contributed by atoms with van der Waals surface area (Å²) >= 11 is 7.52. The fraction of sp³-hybridized carbons (Fsp3) is 0.250. The average molecular weight is 279 g/mol. The fourth-order valence-electron chi connectivity index (χ4n) is 1.78. The van der Waals surface area contributed by atoms with Crippen molar-refractivity contribution in [3.05, 3.63) is 35.1 Å². The van der Waals surface area contributed by atoms with Gasteiger partial charge in [-0.05, 0) is 18.6 Å². The van der Waals surface area contributed by atoms with Crippen LogP contribution in [-0.4, -0.2) is 19.8 Å². The van der Waals surface area contributed by atoms with Gasteiger partial charge < -0.3 is 0 Å². The minimum Gasteiger partial charge on any atom is -0.187 e. The van der Waals surface area contributed by atoms with Gasteiger partial charge in [0.2, 0.25) is 4.96 Å². The Morgan fingerprint density at radius 1 is 1.33 bits per heavy atom. The number of fused-ring (bicyclic) bond motifs is 1. The van der Waals surface area contributed by atoms with Crippen molar-refractivity contribution in [3.63, 3.8) is 0 Å². The summed E-state index contributed by atoms with van der Waals surface area (Å²) in [6.07, 6.45) is 1.92. The SMILES string of the molecule is CCCc1nnc2sc(-c3cccc(Cl)c3)nn12. The number of rotatable bonds is 3. The number of nitrogens with zero attached hydrogens (tertiary/aromatic N) is 4. The van der Waals surface area contributed by atoms with Gasteiger partial charge in [-0.25, -0.2) is 0 Å². The third-order valence-corrected chi connectivity index (χ3v) is 3.78. The van der Waals surface area contributed by atoms with Crippen molar-refractivity contribution in [2.75, 3.05) is 0 Å². The molecular formula is C12H11ClN4S. The molecule has 2 heterocycles. The second kappa shape index (κ2) is 4.66. The van der Waals surface area contributed by atoms with Gasteiger partial charge in [-0.1, -0.05) is 42.0 Å². The fourth-order valence-corrected chi connectivity index (χ4v) is 2.82. The van der Waals surface area contributed by atoms with E-state index in [0.717, 1.165) is 34.2 Å². The highest BCUT2D eigenvalue weighted by Gasteiger charge is 2.12. The van der Waals surface area contributed by atoms with E-state index < -0.39 is 0 Å². The van der Waals surface area contributed by atoms with Crippen molar-refractivity contribution in [1.29, 1.82) is 0 Å². The van der Waals surface area contributed by atoms with Gasteiger partial charge in [-0.2, -0.15) is 9.61 Å². The van der Waals surface area contributed by atoms with Crippen LogP contribution in [-0.2, 0) is 6.42 Å². The van der Waals surface area contributed by atoms with Crippen molar-refractivity contribution >= 4 is 27.9 Å². The first-order chi connectivity index (χ1) is 8.78. The smallest absolute Gasteiger partial charge is 0.187 e. The van der Waals surface area contributed by atoms with Crippen LogP contribution in [0.1, 0.15) is 19.2 Å². The Labute approximate surface area is 113 Å². The lowest BCUT2D eigenvalue weighted by atomic mass is 10.2. The topological polar surface area (TPSA) is 43.1 Å². The Kier molecular flexibility index (Phi) is 3.01. The molecule has 0 aliphatic carbocycles. The summed E-state index contributed by atoms with van der Waals surface area (Å²) in [5.41, 5.74) is 1.01. The number of halogens is 1. The molecule has 0 atom stereocenters. The quantitative estimate of drug-likeness (QED) is 0.737. The van der Waals surface area contributed by atoms with Crippen LogP contribution in [0.5, 0.6) is 0 Å². The van der Waals surface area contributed by atoms with E-state index in [4.69, 9.17) is 11.6 Å². The summed E-state index contributed by atoms with van der Waals surface area (Å²) in [6, 6.07) is 7.69. The largest absolute Gasteiger partial charge is 0.234 e. The highest BCUT2D eigenvalue weighted by Crippen LogP contribution is 2.27. The summed E-state index contributed by atoms with van der Waals surface area (Å²) in [7, 11) is 0. The molecule has 0 fully saturated rings. The molecule has 3 aromatic rings. The molecule has 4 nitrogen and oxygen atoms in total. The molecule has 0 aliphatic rings. The molecule has 0 spiro atoms. The van der Waals surface area contributed by atoms with E-state index in [1.54, 1.807) is 0 Å². The first-order valence-electron chi connectivity index (χ1n) is 5.75. The molecule has 18 heavy (non-hydrogen) atoms. The maximum atomic E-state index is 5.99. The van der Waals surface area contributed by atoms with E-state index in [9.17, 15) is 0 Å². The summed E-state index contributed by atoms with van der Waals surface area (Å²) in [5, 5.41) is 14.5. The minimum absolute atomic E-state index is 0.715. The van der Waals surface area contributed by atoms with Crippen molar-refractivity contribution in [3.8, 4) is 10.6 Å². The number of hydrogen-bond donors (Lipinski definition) is 0. The van der Waals surface area contributed by atoms with Crippen molar-refractivity contribution in [2.45, 2.75) is 19.8 Å². The van der Waals surface area contributed by atoms with Gasteiger partial charge in [0.05, 0.1) is 0 Å². The van der Waals surface area contributed by atoms with Gasteiger partial charge in [-0.15, -0.1) is 10.2 Å². The number of aromatic nitrogens is 4. The third kappa shape index (κ3) is 2.00. The van der Waals surface area contributed by atoms with Crippen LogP contribution in [0, 0.1) is 0 Å². The predicted molar refractivity (Wildman–Crippen MR) is 73.1 cm³/mol. The molecule has 0 N–H and O–H groups in total. The van der Waals surface area contributed by atoms with Crippen LogP contribution in [0.4, 0.5) is 0 Å². The normalized spacial score (nSPS) is 11.2. The Hall–Kier alpha value is -1.46. The first-order valence-corrected chi connectivity index (χ1v) is 6.94. The van der Waals surface area contributed by atoms with E-state index in [2.05, 4.69) is 22.2 Å². The molecular weight excluding hydrogens is 268 g/mol. The molecule has 92 valence electrons. The molecule has 0 amide bonds. The van der Waals surface area contributed by atoms with Gasteiger partial charge in [0.15, 0.2) is 5.82 Å². The number of benzene rings is 1. The second-order valence-electron chi connectivity index (χ2n) is 3.98. The maximum absolute atomic E-state index is 5.99. The molecule has 0 bridgehead atoms. The van der Waals surface area contributed by atoms with E-state index >= 15 is 0 Å². The number of hydrogen-bond acceptors (Lipinski definition) is 4. The summed E-state index contributed by atoms with van der Waals surface area (Å²) < 4.78 is 1.82. The monoisotopic (exact) mass is 278 g/mol. The van der Waals surface area contributed by atoms with E-state index in [0.29, 0.717) is 5.02 Å². The Balaban J connectivity index is 2.08.